The van der Waals surface area contributed by atoms with Crippen molar-refractivity contribution in [2.24, 2.45) is 5.92 Å². The van der Waals surface area contributed by atoms with Crippen LogP contribution < -0.4 is 4.74 Å². The van der Waals surface area contributed by atoms with Crippen LogP contribution in [-0.2, 0) is 6.54 Å². The fraction of sp³-hybridized carbons (Fsp3) is 0.409. The van der Waals surface area contributed by atoms with E-state index in [4.69, 9.17) is 4.74 Å². The number of nitrogens with zero attached hydrogens (tertiary/aromatic N) is 2. The van der Waals surface area contributed by atoms with E-state index >= 15 is 0 Å². The summed E-state index contributed by atoms with van der Waals surface area (Å²) in [6, 6.07) is 16.2. The molecule has 3 rings (SSSR count). The average molecular weight is 431 g/mol. The lowest BCUT2D eigenvalue weighted by Gasteiger charge is -2.35. The minimum absolute atomic E-state index is 0.0504. The average Bonchev–Trinajstić information content (AvgIpc) is 2.68. The van der Waals surface area contributed by atoms with E-state index in [-0.39, 0.29) is 5.91 Å². The highest BCUT2D eigenvalue weighted by molar-refractivity contribution is 9.10. The van der Waals surface area contributed by atoms with Crippen LogP contribution in [-0.4, -0.2) is 48.5 Å². The molecular formula is C22H27BrN2O2. The number of carbonyl (C=O) groups excluding carboxylic acids is 1. The van der Waals surface area contributed by atoms with E-state index in [1.165, 1.54) is 5.56 Å². The van der Waals surface area contributed by atoms with E-state index in [1.807, 2.05) is 29.2 Å². The number of hydrogen-bond donors (Lipinski definition) is 0. The second-order valence-corrected chi connectivity index (χ2v) is 8.31. The molecular weight excluding hydrogens is 404 g/mol. The fourth-order valence-corrected chi connectivity index (χ4v) is 3.53. The van der Waals surface area contributed by atoms with Crippen molar-refractivity contribution in [3.63, 3.8) is 0 Å². The predicted molar refractivity (Wildman–Crippen MR) is 112 cm³/mol. The Labute approximate surface area is 170 Å². The van der Waals surface area contributed by atoms with Crippen LogP contribution >= 0.6 is 15.9 Å². The van der Waals surface area contributed by atoms with Gasteiger partial charge in [-0.05, 0) is 29.7 Å². The Balaban J connectivity index is 1.62. The number of amides is 1. The van der Waals surface area contributed by atoms with Gasteiger partial charge in [0.05, 0.1) is 12.2 Å². The molecule has 0 unspecified atom stereocenters. The summed E-state index contributed by atoms with van der Waals surface area (Å²) >= 11 is 3.48. The monoisotopic (exact) mass is 430 g/mol. The van der Waals surface area contributed by atoms with Crippen molar-refractivity contribution in [1.82, 2.24) is 9.80 Å². The molecule has 0 aliphatic carbocycles. The zero-order valence-electron chi connectivity index (χ0n) is 16.0. The van der Waals surface area contributed by atoms with Gasteiger partial charge in [-0.3, -0.25) is 9.69 Å². The maximum atomic E-state index is 13.1. The minimum Gasteiger partial charge on any atom is -0.492 e. The molecule has 1 aliphatic rings. The second-order valence-electron chi connectivity index (χ2n) is 7.40. The van der Waals surface area contributed by atoms with Crippen molar-refractivity contribution in [3.05, 3.63) is 64.1 Å². The summed E-state index contributed by atoms with van der Waals surface area (Å²) in [4.78, 5) is 17.4. The molecule has 2 aromatic rings. The van der Waals surface area contributed by atoms with Crippen molar-refractivity contribution in [1.29, 1.82) is 0 Å². The Morgan fingerprint density at radius 1 is 1.07 bits per heavy atom. The lowest BCUT2D eigenvalue weighted by molar-refractivity contribution is 0.0623. The normalized spacial score (nSPS) is 15.2. The summed E-state index contributed by atoms with van der Waals surface area (Å²) in [6.45, 7) is 8.99. The molecule has 27 heavy (non-hydrogen) atoms. The Hall–Kier alpha value is -1.85. The lowest BCUT2D eigenvalue weighted by atomic mass is 10.1. The standard InChI is InChI=1S/C22H27BrN2O2/c1-17(2)16-27-21-9-8-19(23)14-20(21)22(26)25-12-10-24(11-13-25)15-18-6-4-3-5-7-18/h3-9,14,17H,10-13,15-16H2,1-2H3. The van der Waals surface area contributed by atoms with Crippen molar-refractivity contribution < 1.29 is 9.53 Å². The Bertz CT molecular complexity index is 756. The minimum atomic E-state index is 0.0504. The van der Waals surface area contributed by atoms with E-state index in [1.54, 1.807) is 0 Å². The van der Waals surface area contributed by atoms with E-state index in [0.29, 0.717) is 23.8 Å². The van der Waals surface area contributed by atoms with Gasteiger partial charge in [0.1, 0.15) is 5.75 Å². The van der Waals surface area contributed by atoms with Crippen LogP contribution in [0, 0.1) is 5.92 Å². The zero-order chi connectivity index (χ0) is 19.2. The quantitative estimate of drug-likeness (QED) is 0.678. The van der Waals surface area contributed by atoms with Crippen LogP contribution in [0.5, 0.6) is 5.75 Å². The van der Waals surface area contributed by atoms with Crippen LogP contribution in [0.15, 0.2) is 53.0 Å². The first kappa shape index (κ1) is 19.9. The summed E-state index contributed by atoms with van der Waals surface area (Å²) in [5, 5.41) is 0. The van der Waals surface area contributed by atoms with Gasteiger partial charge in [0.25, 0.3) is 5.91 Å². The van der Waals surface area contributed by atoms with Gasteiger partial charge in [-0.15, -0.1) is 0 Å². The molecule has 0 N–H and O–H groups in total. The SMILES string of the molecule is CC(C)COc1ccc(Br)cc1C(=O)N1CCN(Cc2ccccc2)CC1. The van der Waals surface area contributed by atoms with E-state index in [2.05, 4.69) is 58.9 Å². The van der Waals surface area contributed by atoms with E-state index in [0.717, 1.165) is 37.2 Å². The number of rotatable bonds is 6. The van der Waals surface area contributed by atoms with Gasteiger partial charge in [-0.25, -0.2) is 0 Å². The molecule has 1 amide bonds. The highest BCUT2D eigenvalue weighted by atomic mass is 79.9. The first-order chi connectivity index (χ1) is 13.0. The van der Waals surface area contributed by atoms with Gasteiger partial charge in [0.15, 0.2) is 0 Å². The van der Waals surface area contributed by atoms with Crippen LogP contribution in [0.4, 0.5) is 0 Å². The molecule has 144 valence electrons. The highest BCUT2D eigenvalue weighted by Crippen LogP contribution is 2.26. The first-order valence-electron chi connectivity index (χ1n) is 9.51. The molecule has 1 fully saturated rings. The molecule has 0 bridgehead atoms. The number of hydrogen-bond acceptors (Lipinski definition) is 3. The summed E-state index contributed by atoms with van der Waals surface area (Å²) in [6.07, 6.45) is 0. The van der Waals surface area contributed by atoms with Crippen LogP contribution in [0.25, 0.3) is 0 Å². The molecule has 0 radical (unpaired) electrons. The van der Waals surface area contributed by atoms with Gasteiger partial charge < -0.3 is 9.64 Å². The molecule has 1 saturated heterocycles. The van der Waals surface area contributed by atoms with Crippen molar-refractivity contribution in [3.8, 4) is 5.75 Å². The maximum Gasteiger partial charge on any atom is 0.257 e. The third-order valence-corrected chi connectivity index (χ3v) is 5.15. The summed E-state index contributed by atoms with van der Waals surface area (Å²) in [7, 11) is 0. The third-order valence-electron chi connectivity index (χ3n) is 4.65. The molecule has 1 heterocycles. The molecule has 0 atom stereocenters. The Kier molecular flexibility index (Phi) is 6.91. The zero-order valence-corrected chi connectivity index (χ0v) is 17.6. The van der Waals surface area contributed by atoms with E-state index in [9.17, 15) is 4.79 Å². The topological polar surface area (TPSA) is 32.8 Å². The van der Waals surface area contributed by atoms with Crippen LogP contribution in [0.3, 0.4) is 0 Å². The number of halogens is 1. The molecule has 2 aromatic carbocycles. The van der Waals surface area contributed by atoms with Gasteiger partial charge in [-0.1, -0.05) is 60.1 Å². The van der Waals surface area contributed by atoms with Crippen LogP contribution in [0.2, 0.25) is 0 Å². The molecule has 0 saturated carbocycles. The highest BCUT2D eigenvalue weighted by Gasteiger charge is 2.24. The van der Waals surface area contributed by atoms with Gasteiger partial charge in [-0.2, -0.15) is 0 Å². The smallest absolute Gasteiger partial charge is 0.257 e. The molecule has 0 aromatic heterocycles. The van der Waals surface area contributed by atoms with Crippen LogP contribution in [0.1, 0.15) is 29.8 Å². The Morgan fingerprint density at radius 2 is 1.78 bits per heavy atom. The third kappa shape index (κ3) is 5.56. The molecule has 0 spiro atoms. The van der Waals surface area contributed by atoms with Crippen molar-refractivity contribution in [2.75, 3.05) is 32.8 Å². The number of carbonyl (C=O) groups is 1. The summed E-state index contributed by atoms with van der Waals surface area (Å²) in [5.41, 5.74) is 1.95. The number of ether oxygens (including phenoxy) is 1. The fourth-order valence-electron chi connectivity index (χ4n) is 3.17. The van der Waals surface area contributed by atoms with Crippen molar-refractivity contribution >= 4 is 21.8 Å². The summed E-state index contributed by atoms with van der Waals surface area (Å²) in [5.74, 6) is 1.14. The first-order valence-corrected chi connectivity index (χ1v) is 10.3. The van der Waals surface area contributed by atoms with E-state index < -0.39 is 0 Å². The molecule has 1 aliphatic heterocycles. The molecule has 5 heteroatoms. The number of piperazine rings is 1. The summed E-state index contributed by atoms with van der Waals surface area (Å²) < 4.78 is 6.78. The van der Waals surface area contributed by atoms with Crippen molar-refractivity contribution in [2.45, 2.75) is 20.4 Å². The second kappa shape index (κ2) is 9.38. The molecule has 4 nitrogen and oxygen atoms in total. The van der Waals surface area contributed by atoms with Gasteiger partial charge in [0, 0.05) is 37.2 Å². The van der Waals surface area contributed by atoms with Gasteiger partial charge >= 0.3 is 0 Å². The largest absolute Gasteiger partial charge is 0.492 e. The van der Waals surface area contributed by atoms with Gasteiger partial charge in [0.2, 0.25) is 0 Å². The Morgan fingerprint density at radius 3 is 2.44 bits per heavy atom. The lowest BCUT2D eigenvalue weighted by Crippen LogP contribution is -2.48. The predicted octanol–water partition coefficient (Wildman–Crippen LogP) is 4.44. The number of benzene rings is 2. The maximum absolute atomic E-state index is 13.1.